The lowest BCUT2D eigenvalue weighted by atomic mass is 9.81. The minimum absolute atomic E-state index is 0.0586. The van der Waals surface area contributed by atoms with Crippen molar-refractivity contribution in [1.29, 1.82) is 0 Å². The van der Waals surface area contributed by atoms with E-state index in [9.17, 15) is 19.2 Å². The molecular formula is C26H32N2O5. The molecule has 7 nitrogen and oxygen atoms in total. The molecule has 0 aromatic heterocycles. The predicted octanol–water partition coefficient (Wildman–Crippen LogP) is 3.29. The zero-order valence-corrected chi connectivity index (χ0v) is 19.6. The van der Waals surface area contributed by atoms with Crippen LogP contribution >= 0.6 is 0 Å². The van der Waals surface area contributed by atoms with Gasteiger partial charge in [0.1, 0.15) is 12.0 Å². The third-order valence-corrected chi connectivity index (χ3v) is 5.14. The summed E-state index contributed by atoms with van der Waals surface area (Å²) in [5, 5.41) is 5.22. The van der Waals surface area contributed by atoms with E-state index >= 15 is 0 Å². The average Bonchev–Trinajstić information content (AvgIpc) is 2.80. The van der Waals surface area contributed by atoms with Crippen molar-refractivity contribution in [2.45, 2.75) is 46.8 Å². The molecule has 1 unspecified atom stereocenters. The van der Waals surface area contributed by atoms with E-state index in [0.717, 1.165) is 5.56 Å². The van der Waals surface area contributed by atoms with E-state index in [1.54, 1.807) is 30.3 Å². The first-order valence-electron chi connectivity index (χ1n) is 11.0. The molecule has 2 aromatic rings. The second-order valence-electron chi connectivity index (χ2n) is 8.85. The maximum Gasteiger partial charge on any atom is 0.319 e. The summed E-state index contributed by atoms with van der Waals surface area (Å²) in [6.45, 7) is 6.62. The van der Waals surface area contributed by atoms with Crippen LogP contribution in [0.4, 0.5) is 0 Å². The van der Waals surface area contributed by atoms with Crippen molar-refractivity contribution in [1.82, 2.24) is 10.6 Å². The Morgan fingerprint density at radius 2 is 1.48 bits per heavy atom. The molecule has 0 aliphatic rings. The largest absolute Gasteiger partial charge is 0.460 e. The van der Waals surface area contributed by atoms with E-state index in [-0.39, 0.29) is 25.0 Å². The Morgan fingerprint density at radius 3 is 2.06 bits per heavy atom. The molecule has 0 spiro atoms. The van der Waals surface area contributed by atoms with Crippen molar-refractivity contribution in [3.8, 4) is 0 Å². The molecule has 0 bridgehead atoms. The fourth-order valence-electron chi connectivity index (χ4n) is 3.24. The van der Waals surface area contributed by atoms with Crippen molar-refractivity contribution < 1.29 is 23.9 Å². The standard InChI is InChI=1S/C26H32N2O5/c1-18(2)15-21(28-22(29)16-27-24(31)20-13-9-6-10-14-20)23(30)26(3,4)25(32)33-17-19-11-7-5-8-12-19/h5-14,18,21H,15-17H2,1-4H3,(H,27,31)(H,28,29). The second kappa shape index (κ2) is 11.9. The van der Waals surface area contributed by atoms with Gasteiger partial charge in [0.15, 0.2) is 5.78 Å². The Kier molecular flexibility index (Phi) is 9.33. The van der Waals surface area contributed by atoms with Crippen LogP contribution in [-0.4, -0.2) is 36.2 Å². The number of esters is 1. The Labute approximate surface area is 194 Å². The molecule has 0 heterocycles. The zero-order valence-electron chi connectivity index (χ0n) is 19.6. The summed E-state index contributed by atoms with van der Waals surface area (Å²) < 4.78 is 5.37. The molecule has 7 heteroatoms. The van der Waals surface area contributed by atoms with Gasteiger partial charge in [-0.1, -0.05) is 62.4 Å². The molecule has 176 valence electrons. The smallest absolute Gasteiger partial charge is 0.319 e. The van der Waals surface area contributed by atoms with Gasteiger partial charge in [0, 0.05) is 5.56 Å². The monoisotopic (exact) mass is 452 g/mol. The molecule has 33 heavy (non-hydrogen) atoms. The van der Waals surface area contributed by atoms with Gasteiger partial charge in [0.25, 0.3) is 5.91 Å². The van der Waals surface area contributed by atoms with Crippen LogP contribution in [0.15, 0.2) is 60.7 Å². The van der Waals surface area contributed by atoms with E-state index in [4.69, 9.17) is 4.74 Å². The summed E-state index contributed by atoms with van der Waals surface area (Å²) in [4.78, 5) is 50.6. The van der Waals surface area contributed by atoms with E-state index in [1.807, 2.05) is 44.2 Å². The fraction of sp³-hybridized carbons (Fsp3) is 0.385. The van der Waals surface area contributed by atoms with Crippen LogP contribution in [0.3, 0.4) is 0 Å². The summed E-state index contributed by atoms with van der Waals surface area (Å²) in [6.07, 6.45) is 0.354. The number of nitrogens with one attached hydrogen (secondary N) is 2. The number of benzene rings is 2. The van der Waals surface area contributed by atoms with Crippen LogP contribution in [-0.2, 0) is 25.7 Å². The van der Waals surface area contributed by atoms with E-state index < -0.39 is 29.1 Å². The van der Waals surface area contributed by atoms with Gasteiger partial charge >= 0.3 is 5.97 Å². The summed E-state index contributed by atoms with van der Waals surface area (Å²) in [5.41, 5.74) is -0.202. The summed E-state index contributed by atoms with van der Waals surface area (Å²) >= 11 is 0. The molecule has 0 aliphatic heterocycles. The highest BCUT2D eigenvalue weighted by Gasteiger charge is 2.42. The molecule has 0 fully saturated rings. The van der Waals surface area contributed by atoms with Crippen LogP contribution in [0.2, 0.25) is 0 Å². The Balaban J connectivity index is 1.99. The number of carbonyl (C=O) groups excluding carboxylic acids is 4. The minimum Gasteiger partial charge on any atom is -0.460 e. The highest BCUT2D eigenvalue weighted by Crippen LogP contribution is 2.24. The van der Waals surface area contributed by atoms with Gasteiger partial charge < -0.3 is 15.4 Å². The van der Waals surface area contributed by atoms with Crippen LogP contribution < -0.4 is 10.6 Å². The molecule has 1 atom stereocenters. The Morgan fingerprint density at radius 1 is 0.909 bits per heavy atom. The molecule has 0 saturated carbocycles. The van der Waals surface area contributed by atoms with Crippen molar-refractivity contribution in [2.75, 3.05) is 6.54 Å². The molecule has 0 radical (unpaired) electrons. The van der Waals surface area contributed by atoms with Crippen LogP contribution in [0, 0.1) is 11.3 Å². The Bertz CT molecular complexity index is 955. The lowest BCUT2D eigenvalue weighted by molar-refractivity contribution is -0.160. The first-order valence-corrected chi connectivity index (χ1v) is 11.0. The molecule has 0 aliphatic carbocycles. The number of ether oxygens (including phenoxy) is 1. The lowest BCUT2D eigenvalue weighted by Gasteiger charge is -2.28. The van der Waals surface area contributed by atoms with Crippen molar-refractivity contribution >= 4 is 23.6 Å². The third kappa shape index (κ3) is 7.86. The second-order valence-corrected chi connectivity index (χ2v) is 8.85. The maximum absolute atomic E-state index is 13.2. The first-order chi connectivity index (χ1) is 15.6. The van der Waals surface area contributed by atoms with Crippen LogP contribution in [0.1, 0.15) is 50.0 Å². The molecule has 2 aromatic carbocycles. The molecule has 0 saturated heterocycles. The topological polar surface area (TPSA) is 102 Å². The van der Waals surface area contributed by atoms with Gasteiger partial charge in [0.2, 0.25) is 5.91 Å². The number of hydrogen-bond acceptors (Lipinski definition) is 5. The Hall–Kier alpha value is -3.48. The number of rotatable bonds is 11. The number of Topliss-reactive ketones (excluding diaryl/α,β-unsaturated/α-hetero) is 1. The summed E-state index contributed by atoms with van der Waals surface area (Å²) in [7, 11) is 0. The van der Waals surface area contributed by atoms with Crippen molar-refractivity contribution in [3.05, 3.63) is 71.8 Å². The number of carbonyl (C=O) groups is 4. The zero-order chi connectivity index (χ0) is 24.4. The SMILES string of the molecule is CC(C)CC(NC(=O)CNC(=O)c1ccccc1)C(=O)C(C)(C)C(=O)OCc1ccccc1. The summed E-state index contributed by atoms with van der Waals surface area (Å²) in [6, 6.07) is 16.8. The fourth-order valence-corrected chi connectivity index (χ4v) is 3.24. The predicted molar refractivity (Wildman–Crippen MR) is 125 cm³/mol. The molecule has 2 rings (SSSR count). The lowest BCUT2D eigenvalue weighted by Crippen LogP contribution is -2.52. The van der Waals surface area contributed by atoms with Crippen LogP contribution in [0.5, 0.6) is 0 Å². The van der Waals surface area contributed by atoms with Gasteiger partial charge in [-0.2, -0.15) is 0 Å². The number of ketones is 1. The molecular weight excluding hydrogens is 420 g/mol. The third-order valence-electron chi connectivity index (χ3n) is 5.14. The average molecular weight is 453 g/mol. The number of amides is 2. The van der Waals surface area contributed by atoms with Gasteiger partial charge in [-0.25, -0.2) is 0 Å². The molecule has 2 amide bonds. The van der Waals surface area contributed by atoms with Gasteiger partial charge in [-0.05, 0) is 43.9 Å². The van der Waals surface area contributed by atoms with Gasteiger partial charge in [0.05, 0.1) is 12.6 Å². The number of hydrogen-bond donors (Lipinski definition) is 2. The molecule has 2 N–H and O–H groups in total. The highest BCUT2D eigenvalue weighted by molar-refractivity contribution is 6.06. The van der Waals surface area contributed by atoms with Gasteiger partial charge in [-0.15, -0.1) is 0 Å². The van der Waals surface area contributed by atoms with Crippen molar-refractivity contribution in [3.63, 3.8) is 0 Å². The van der Waals surface area contributed by atoms with E-state index in [2.05, 4.69) is 10.6 Å². The van der Waals surface area contributed by atoms with E-state index in [0.29, 0.717) is 12.0 Å². The van der Waals surface area contributed by atoms with Crippen LogP contribution in [0.25, 0.3) is 0 Å². The minimum atomic E-state index is -1.45. The normalized spacial score (nSPS) is 12.0. The quantitative estimate of drug-likeness (QED) is 0.402. The first kappa shape index (κ1) is 25.8. The van der Waals surface area contributed by atoms with Gasteiger partial charge in [-0.3, -0.25) is 19.2 Å². The summed E-state index contributed by atoms with van der Waals surface area (Å²) in [5.74, 6) is -1.89. The van der Waals surface area contributed by atoms with E-state index in [1.165, 1.54) is 13.8 Å². The maximum atomic E-state index is 13.2. The highest BCUT2D eigenvalue weighted by atomic mass is 16.5. The van der Waals surface area contributed by atoms with Crippen molar-refractivity contribution in [2.24, 2.45) is 11.3 Å².